The van der Waals surface area contributed by atoms with Crippen LogP contribution in [-0.4, -0.2) is 63.3 Å². The number of fused-ring (bicyclic) bond motifs is 1. The minimum Gasteiger partial charge on any atom is -0.492 e. The van der Waals surface area contributed by atoms with E-state index in [1.165, 1.54) is 6.33 Å². The molecular weight excluding hydrogens is 496 g/mol. The molecule has 2 amide bonds. The van der Waals surface area contributed by atoms with E-state index in [2.05, 4.69) is 25.6 Å². The topological polar surface area (TPSA) is 129 Å². The lowest BCUT2D eigenvalue weighted by Gasteiger charge is -2.32. The van der Waals surface area contributed by atoms with Gasteiger partial charge in [0.15, 0.2) is 0 Å². The van der Waals surface area contributed by atoms with Crippen LogP contribution < -0.4 is 15.4 Å². The van der Waals surface area contributed by atoms with Gasteiger partial charge in [0.1, 0.15) is 41.9 Å². The van der Waals surface area contributed by atoms with E-state index in [0.29, 0.717) is 53.4 Å². The van der Waals surface area contributed by atoms with Gasteiger partial charge in [-0.2, -0.15) is 0 Å². The fourth-order valence-corrected chi connectivity index (χ4v) is 5.01. The highest BCUT2D eigenvalue weighted by molar-refractivity contribution is 6.09. The third-order valence-corrected chi connectivity index (χ3v) is 7.30. The highest BCUT2D eigenvalue weighted by atomic mass is 19.1. The standard InChI is InChI=1S/C27H31F2N5O4/c1-13-3-8-19(38-11-15-4-5-15)22(23(13)29)25-26-24(30-12-31-25)21(14(2)32-26)27(37)34-18-7-6-16(9-17(18)28)33-20(36)10-35/h3,8,12,15-18,32,35H,4-7,9-11H2,1-2H3,(H,33,36)(H,34,37). The van der Waals surface area contributed by atoms with Crippen molar-refractivity contribution in [1.29, 1.82) is 0 Å². The lowest BCUT2D eigenvalue weighted by Crippen LogP contribution is -2.50. The van der Waals surface area contributed by atoms with Crippen LogP contribution >= 0.6 is 0 Å². The summed E-state index contributed by atoms with van der Waals surface area (Å²) in [6.07, 6.45) is 2.91. The molecule has 2 heterocycles. The summed E-state index contributed by atoms with van der Waals surface area (Å²) in [6, 6.07) is 2.25. The van der Waals surface area contributed by atoms with Gasteiger partial charge in [-0.05, 0) is 57.1 Å². The van der Waals surface area contributed by atoms with Gasteiger partial charge in [-0.1, -0.05) is 6.07 Å². The third kappa shape index (κ3) is 5.20. The number of aliphatic hydroxyl groups is 1. The number of hydrogen-bond donors (Lipinski definition) is 4. The van der Waals surface area contributed by atoms with E-state index in [1.807, 2.05) is 0 Å². The lowest BCUT2D eigenvalue weighted by molar-refractivity contribution is -0.124. The number of benzene rings is 1. The molecule has 1 aromatic carbocycles. The van der Waals surface area contributed by atoms with E-state index in [9.17, 15) is 14.0 Å². The second kappa shape index (κ2) is 10.6. The van der Waals surface area contributed by atoms with E-state index < -0.39 is 42.5 Å². The van der Waals surface area contributed by atoms with Crippen molar-refractivity contribution in [2.45, 2.75) is 64.2 Å². The Bertz CT molecular complexity index is 1370. The molecule has 202 valence electrons. The first kappa shape index (κ1) is 26.0. The van der Waals surface area contributed by atoms with Gasteiger partial charge in [0.2, 0.25) is 5.91 Å². The number of amides is 2. The second-order valence-electron chi connectivity index (χ2n) is 10.2. The minimum absolute atomic E-state index is 0.0339. The Morgan fingerprint density at radius 2 is 1.95 bits per heavy atom. The number of carbonyl (C=O) groups is 2. The van der Waals surface area contributed by atoms with Crippen LogP contribution in [0.5, 0.6) is 5.75 Å². The number of rotatable bonds is 8. The van der Waals surface area contributed by atoms with E-state index in [-0.39, 0.29) is 23.2 Å². The van der Waals surface area contributed by atoms with Crippen molar-refractivity contribution in [3.63, 3.8) is 0 Å². The van der Waals surface area contributed by atoms with Crippen LogP contribution in [0.25, 0.3) is 22.3 Å². The Balaban J connectivity index is 1.42. The number of aryl methyl sites for hydroxylation is 2. The summed E-state index contributed by atoms with van der Waals surface area (Å²) in [5.74, 6) is -0.661. The van der Waals surface area contributed by atoms with Gasteiger partial charge in [0.25, 0.3) is 5.91 Å². The summed E-state index contributed by atoms with van der Waals surface area (Å²) in [5, 5.41) is 14.3. The molecule has 0 saturated heterocycles. The Labute approximate surface area is 218 Å². The van der Waals surface area contributed by atoms with Crippen LogP contribution in [0.4, 0.5) is 8.78 Å². The molecule has 2 aliphatic rings. The number of hydrogen-bond acceptors (Lipinski definition) is 6. The van der Waals surface area contributed by atoms with E-state index >= 15 is 4.39 Å². The van der Waals surface area contributed by atoms with Gasteiger partial charge in [0.05, 0.1) is 29.3 Å². The molecule has 5 rings (SSSR count). The summed E-state index contributed by atoms with van der Waals surface area (Å²) < 4.78 is 36.3. The number of aromatic amines is 1. The minimum atomic E-state index is -1.38. The third-order valence-electron chi connectivity index (χ3n) is 7.30. The van der Waals surface area contributed by atoms with Crippen molar-refractivity contribution >= 4 is 22.8 Å². The SMILES string of the molecule is Cc1ccc(OCC2CC2)c(-c2ncnc3c(C(=O)NC4CCC(NC(=O)CO)CC4F)c(C)[nH]c23)c1F. The number of halogens is 2. The lowest BCUT2D eigenvalue weighted by atomic mass is 9.89. The number of nitrogens with zero attached hydrogens (tertiary/aromatic N) is 2. The summed E-state index contributed by atoms with van der Waals surface area (Å²) in [5.41, 5.74) is 2.35. The number of nitrogens with one attached hydrogen (secondary N) is 3. The van der Waals surface area contributed by atoms with Crippen LogP contribution in [0, 0.1) is 25.6 Å². The van der Waals surface area contributed by atoms with Crippen LogP contribution in [0.15, 0.2) is 18.5 Å². The van der Waals surface area contributed by atoms with Gasteiger partial charge in [-0.15, -0.1) is 0 Å². The predicted octanol–water partition coefficient (Wildman–Crippen LogP) is 3.27. The molecule has 0 spiro atoms. The number of ether oxygens (including phenoxy) is 1. The molecule has 2 fully saturated rings. The van der Waals surface area contributed by atoms with E-state index in [1.54, 1.807) is 26.0 Å². The highest BCUT2D eigenvalue weighted by Crippen LogP contribution is 2.39. The van der Waals surface area contributed by atoms with Crippen LogP contribution in [0.1, 0.15) is 53.7 Å². The molecule has 2 aromatic heterocycles. The van der Waals surface area contributed by atoms with E-state index in [0.717, 1.165) is 12.8 Å². The Hall–Kier alpha value is -3.60. The van der Waals surface area contributed by atoms with Crippen molar-refractivity contribution in [2.75, 3.05) is 13.2 Å². The fraction of sp³-hybridized carbons (Fsp3) is 0.481. The smallest absolute Gasteiger partial charge is 0.255 e. The first-order valence-corrected chi connectivity index (χ1v) is 12.9. The molecule has 3 atom stereocenters. The molecule has 38 heavy (non-hydrogen) atoms. The molecule has 4 N–H and O–H groups in total. The molecule has 9 nitrogen and oxygen atoms in total. The predicted molar refractivity (Wildman–Crippen MR) is 136 cm³/mol. The number of alkyl halides is 1. The molecule has 2 aliphatic carbocycles. The second-order valence-corrected chi connectivity index (χ2v) is 10.2. The van der Waals surface area contributed by atoms with Gasteiger partial charge >= 0.3 is 0 Å². The fourth-order valence-electron chi connectivity index (χ4n) is 5.01. The van der Waals surface area contributed by atoms with Crippen LogP contribution in [0.3, 0.4) is 0 Å². The summed E-state index contributed by atoms with van der Waals surface area (Å²) in [4.78, 5) is 36.5. The molecular formula is C27H31F2N5O4. The molecule has 3 aromatic rings. The van der Waals surface area contributed by atoms with Crippen molar-refractivity contribution in [1.82, 2.24) is 25.6 Å². The highest BCUT2D eigenvalue weighted by Gasteiger charge is 2.34. The van der Waals surface area contributed by atoms with Gasteiger partial charge in [-0.25, -0.2) is 18.7 Å². The number of aromatic nitrogens is 3. The Morgan fingerprint density at radius 3 is 2.66 bits per heavy atom. The summed E-state index contributed by atoms with van der Waals surface area (Å²) in [7, 11) is 0. The zero-order valence-corrected chi connectivity index (χ0v) is 21.3. The molecule has 0 radical (unpaired) electrons. The normalized spacial score (nSPS) is 21.3. The monoisotopic (exact) mass is 527 g/mol. The Morgan fingerprint density at radius 1 is 1.16 bits per heavy atom. The average molecular weight is 528 g/mol. The number of H-pyrrole nitrogens is 1. The maximum atomic E-state index is 15.5. The number of carbonyl (C=O) groups excluding carboxylic acids is 2. The van der Waals surface area contributed by atoms with Crippen molar-refractivity contribution in [3.8, 4) is 17.0 Å². The van der Waals surface area contributed by atoms with E-state index in [4.69, 9.17) is 9.84 Å². The first-order valence-electron chi connectivity index (χ1n) is 12.9. The maximum absolute atomic E-state index is 15.5. The first-order chi connectivity index (χ1) is 18.3. The van der Waals surface area contributed by atoms with Gasteiger partial charge in [0, 0.05) is 18.2 Å². The maximum Gasteiger partial charge on any atom is 0.255 e. The molecule has 2 saturated carbocycles. The molecule has 11 heteroatoms. The zero-order valence-electron chi connectivity index (χ0n) is 21.3. The number of aliphatic hydroxyl groups excluding tert-OH is 1. The van der Waals surface area contributed by atoms with Gasteiger partial charge in [-0.3, -0.25) is 9.59 Å². The van der Waals surface area contributed by atoms with Crippen molar-refractivity contribution < 1.29 is 28.2 Å². The molecule has 3 unspecified atom stereocenters. The molecule has 0 aliphatic heterocycles. The Kier molecular flexibility index (Phi) is 7.29. The quantitative estimate of drug-likeness (QED) is 0.356. The van der Waals surface area contributed by atoms with Crippen molar-refractivity contribution in [3.05, 3.63) is 41.1 Å². The zero-order chi connectivity index (χ0) is 27.0. The van der Waals surface area contributed by atoms with Crippen LogP contribution in [0.2, 0.25) is 0 Å². The summed E-state index contributed by atoms with van der Waals surface area (Å²) in [6.45, 7) is 3.21. The van der Waals surface area contributed by atoms with Crippen molar-refractivity contribution in [2.24, 2.45) is 5.92 Å². The average Bonchev–Trinajstić information content (AvgIpc) is 3.66. The largest absolute Gasteiger partial charge is 0.492 e. The summed E-state index contributed by atoms with van der Waals surface area (Å²) >= 11 is 0. The van der Waals surface area contributed by atoms with Crippen LogP contribution in [-0.2, 0) is 4.79 Å². The molecule has 0 bridgehead atoms. The van der Waals surface area contributed by atoms with Gasteiger partial charge < -0.3 is 25.5 Å².